The molecule has 0 N–H and O–H groups in total. The lowest BCUT2D eigenvalue weighted by atomic mass is 10.1. The van der Waals surface area contributed by atoms with Crippen LogP contribution < -0.4 is 9.47 Å². The molecule has 2 aromatic carbocycles. The maximum absolute atomic E-state index is 13.2. The predicted molar refractivity (Wildman–Crippen MR) is 116 cm³/mol. The van der Waals surface area contributed by atoms with Gasteiger partial charge in [0, 0.05) is 32.2 Å². The molecule has 0 unspecified atom stereocenters. The van der Waals surface area contributed by atoms with Gasteiger partial charge >= 0.3 is 0 Å². The second-order valence-electron chi connectivity index (χ2n) is 7.21. The molecule has 2 aromatic rings. The van der Waals surface area contributed by atoms with Gasteiger partial charge in [-0.15, -0.1) is 0 Å². The molecule has 0 bridgehead atoms. The number of halogens is 1. The van der Waals surface area contributed by atoms with Gasteiger partial charge in [0.2, 0.25) is 10.0 Å². The summed E-state index contributed by atoms with van der Waals surface area (Å²) in [5, 5.41) is 11.6. The van der Waals surface area contributed by atoms with Crippen molar-refractivity contribution >= 4 is 21.6 Å². The van der Waals surface area contributed by atoms with Crippen LogP contribution in [0.1, 0.15) is 23.7 Å². The number of hydrogen-bond donors (Lipinski definition) is 0. The van der Waals surface area contributed by atoms with Crippen molar-refractivity contribution < 1.29 is 32.0 Å². The topological polar surface area (TPSA) is 119 Å². The number of carbonyl (C=O) groups excluding carboxylic acids is 1. The van der Waals surface area contributed by atoms with Gasteiger partial charge in [-0.2, -0.15) is 4.31 Å². The van der Waals surface area contributed by atoms with Gasteiger partial charge in [0.1, 0.15) is 11.4 Å². The van der Waals surface area contributed by atoms with Crippen LogP contribution in [0.3, 0.4) is 0 Å². The molecule has 33 heavy (non-hydrogen) atoms. The van der Waals surface area contributed by atoms with Crippen LogP contribution in [0.4, 0.5) is 10.1 Å². The highest BCUT2D eigenvalue weighted by Crippen LogP contribution is 2.35. The van der Waals surface area contributed by atoms with E-state index >= 15 is 0 Å². The van der Waals surface area contributed by atoms with E-state index in [2.05, 4.69) is 0 Å². The maximum atomic E-state index is 13.2. The number of hydrogen-bond acceptors (Lipinski definition) is 7. The van der Waals surface area contributed by atoms with Crippen molar-refractivity contribution in [1.29, 1.82) is 0 Å². The van der Waals surface area contributed by atoms with Crippen molar-refractivity contribution in [3.63, 3.8) is 0 Å². The van der Waals surface area contributed by atoms with Gasteiger partial charge in [0.15, 0.2) is 11.5 Å². The van der Waals surface area contributed by atoms with Gasteiger partial charge in [-0.3, -0.25) is 14.9 Å². The maximum Gasteiger partial charge on any atom is 0.286 e. The van der Waals surface area contributed by atoms with Crippen LogP contribution in [0.25, 0.3) is 0 Å². The van der Waals surface area contributed by atoms with Gasteiger partial charge < -0.3 is 14.4 Å². The molecule has 12 heteroatoms. The third kappa shape index (κ3) is 5.22. The predicted octanol–water partition coefficient (Wildman–Crippen LogP) is 2.68. The van der Waals surface area contributed by atoms with E-state index in [1.165, 1.54) is 34.5 Å². The fourth-order valence-electron chi connectivity index (χ4n) is 3.56. The fraction of sp³-hybridized carbons (Fsp3) is 0.381. The molecule has 0 aliphatic carbocycles. The van der Waals surface area contributed by atoms with Gasteiger partial charge in [0.25, 0.3) is 11.6 Å². The molecule has 1 saturated heterocycles. The second-order valence-corrected chi connectivity index (χ2v) is 9.15. The third-order valence-electron chi connectivity index (χ3n) is 5.20. The summed E-state index contributed by atoms with van der Waals surface area (Å²) in [6, 6.07) is 6.93. The SMILES string of the molecule is CCOc1cc(C(=O)N2CCCN(S(=O)(=O)c3ccc(F)cc3)CC2)c([N+](=O)[O-])cc1OC. The number of nitro groups is 1. The summed E-state index contributed by atoms with van der Waals surface area (Å²) in [5.74, 6) is -0.822. The molecule has 0 aromatic heterocycles. The van der Waals surface area contributed by atoms with Crippen molar-refractivity contribution in [2.24, 2.45) is 0 Å². The first-order chi connectivity index (χ1) is 15.7. The molecule has 3 rings (SSSR count). The average molecular weight is 482 g/mol. The number of nitro benzene ring substituents is 1. The number of sulfonamides is 1. The minimum Gasteiger partial charge on any atom is -0.493 e. The Balaban J connectivity index is 1.85. The lowest BCUT2D eigenvalue weighted by Gasteiger charge is -2.22. The molecule has 0 atom stereocenters. The first-order valence-electron chi connectivity index (χ1n) is 10.2. The van der Waals surface area contributed by atoms with E-state index in [-0.39, 0.29) is 54.7 Å². The molecule has 1 fully saturated rings. The Bertz CT molecular complexity index is 1140. The number of ether oxygens (including phenoxy) is 2. The average Bonchev–Trinajstić information content (AvgIpc) is 3.05. The minimum atomic E-state index is -3.88. The van der Waals surface area contributed by atoms with Crippen molar-refractivity contribution in [3.05, 3.63) is 57.9 Å². The molecule has 178 valence electrons. The van der Waals surface area contributed by atoms with E-state index < -0.39 is 32.4 Å². The quantitative estimate of drug-likeness (QED) is 0.440. The summed E-state index contributed by atoms with van der Waals surface area (Å²) in [4.78, 5) is 25.5. The smallest absolute Gasteiger partial charge is 0.286 e. The van der Waals surface area contributed by atoms with Crippen molar-refractivity contribution in [2.75, 3.05) is 39.9 Å². The number of amides is 1. The summed E-state index contributed by atoms with van der Waals surface area (Å²) >= 11 is 0. The molecular formula is C21H24FN3O7S. The summed E-state index contributed by atoms with van der Waals surface area (Å²) < 4.78 is 50.8. The van der Waals surface area contributed by atoms with Gasteiger partial charge in [-0.1, -0.05) is 0 Å². The highest BCUT2D eigenvalue weighted by Gasteiger charge is 2.32. The van der Waals surface area contributed by atoms with Crippen LogP contribution in [-0.2, 0) is 10.0 Å². The number of rotatable bonds is 7. The van der Waals surface area contributed by atoms with Crippen molar-refractivity contribution in [3.8, 4) is 11.5 Å². The molecule has 1 aliphatic heterocycles. The Morgan fingerprint density at radius 3 is 2.42 bits per heavy atom. The van der Waals surface area contributed by atoms with Gasteiger partial charge in [-0.25, -0.2) is 12.8 Å². The lowest BCUT2D eigenvalue weighted by molar-refractivity contribution is -0.385. The molecule has 10 nitrogen and oxygen atoms in total. The van der Waals surface area contributed by atoms with Crippen LogP contribution in [0.15, 0.2) is 41.3 Å². The van der Waals surface area contributed by atoms with E-state index in [9.17, 15) is 27.7 Å². The Morgan fingerprint density at radius 2 is 1.82 bits per heavy atom. The zero-order valence-corrected chi connectivity index (χ0v) is 19.0. The van der Waals surface area contributed by atoms with Gasteiger partial charge in [0.05, 0.1) is 29.6 Å². The second kappa shape index (κ2) is 10.1. The monoisotopic (exact) mass is 481 g/mol. The van der Waals surface area contributed by atoms with Crippen molar-refractivity contribution in [1.82, 2.24) is 9.21 Å². The van der Waals surface area contributed by atoms with Crippen LogP contribution >= 0.6 is 0 Å². The van der Waals surface area contributed by atoms with E-state index in [4.69, 9.17) is 9.47 Å². The third-order valence-corrected chi connectivity index (χ3v) is 7.12. The molecule has 0 radical (unpaired) electrons. The van der Waals surface area contributed by atoms with Crippen LogP contribution in [0.5, 0.6) is 11.5 Å². The molecule has 1 amide bonds. The summed E-state index contributed by atoms with van der Waals surface area (Å²) in [6.45, 7) is 2.38. The van der Waals surface area contributed by atoms with Crippen LogP contribution in [-0.4, -0.2) is 68.3 Å². The first kappa shape index (κ1) is 24.4. The normalized spacial score (nSPS) is 15.1. The largest absolute Gasteiger partial charge is 0.493 e. The first-order valence-corrected chi connectivity index (χ1v) is 11.7. The minimum absolute atomic E-state index is 0.00623. The summed E-state index contributed by atoms with van der Waals surface area (Å²) in [6.07, 6.45) is 0.328. The molecule has 1 heterocycles. The number of carbonyl (C=O) groups is 1. The van der Waals surface area contributed by atoms with E-state index in [0.717, 1.165) is 18.2 Å². The number of nitrogens with zero attached hydrogens (tertiary/aromatic N) is 3. The molecule has 1 aliphatic rings. The lowest BCUT2D eigenvalue weighted by Crippen LogP contribution is -2.37. The summed E-state index contributed by atoms with van der Waals surface area (Å²) in [7, 11) is -2.54. The molecule has 0 saturated carbocycles. The Morgan fingerprint density at radius 1 is 1.12 bits per heavy atom. The Hall–Kier alpha value is -3.25. The Kier molecular flexibility index (Phi) is 7.49. The molecule has 0 spiro atoms. The highest BCUT2D eigenvalue weighted by atomic mass is 32.2. The van der Waals surface area contributed by atoms with Crippen LogP contribution in [0.2, 0.25) is 0 Å². The van der Waals surface area contributed by atoms with E-state index in [1.807, 2.05) is 0 Å². The summed E-state index contributed by atoms with van der Waals surface area (Å²) in [5.41, 5.74) is -0.598. The Labute approximate surface area is 190 Å². The van der Waals surface area contributed by atoms with E-state index in [1.54, 1.807) is 6.92 Å². The number of benzene rings is 2. The molecular weight excluding hydrogens is 457 g/mol. The highest BCUT2D eigenvalue weighted by molar-refractivity contribution is 7.89. The number of methoxy groups -OCH3 is 1. The van der Waals surface area contributed by atoms with Crippen LogP contribution in [0, 0.1) is 15.9 Å². The van der Waals surface area contributed by atoms with Gasteiger partial charge in [-0.05, 0) is 37.6 Å². The fourth-order valence-corrected chi connectivity index (χ4v) is 5.03. The zero-order valence-electron chi connectivity index (χ0n) is 18.2. The zero-order chi connectivity index (χ0) is 24.2. The van der Waals surface area contributed by atoms with Crippen molar-refractivity contribution in [2.45, 2.75) is 18.2 Å². The standard InChI is InChI=1S/C21H24FN3O7S/c1-3-32-20-13-17(18(25(27)28)14-19(20)31-2)21(26)23-9-4-10-24(12-11-23)33(29,30)16-7-5-15(22)6-8-16/h5-8,13-14H,3-4,9-12H2,1-2H3. The van der Waals surface area contributed by atoms with E-state index in [0.29, 0.717) is 6.42 Å².